The monoisotopic (exact) mass is 356 g/mol. The third kappa shape index (κ3) is 4.71. The first-order valence-electron chi connectivity index (χ1n) is 9.30. The van der Waals surface area contributed by atoms with Gasteiger partial charge in [0.2, 0.25) is 0 Å². The molecular formula is C20H28N4O2. The van der Waals surface area contributed by atoms with Gasteiger partial charge in [0, 0.05) is 38.4 Å². The van der Waals surface area contributed by atoms with E-state index in [0.29, 0.717) is 17.5 Å². The number of nitrogens with one attached hydrogen (secondary N) is 1. The molecule has 6 heteroatoms. The highest BCUT2D eigenvalue weighted by Gasteiger charge is 2.19. The number of benzene rings is 1. The maximum atomic E-state index is 12.6. The summed E-state index contributed by atoms with van der Waals surface area (Å²) in [6.45, 7) is 7.68. The Bertz CT molecular complexity index is 750. The number of hydrogen-bond acceptors (Lipinski definition) is 4. The fraction of sp³-hybridized carbons (Fsp3) is 0.500. The summed E-state index contributed by atoms with van der Waals surface area (Å²) in [7, 11) is 1.82. The molecule has 0 saturated carbocycles. The van der Waals surface area contributed by atoms with E-state index in [1.54, 1.807) is 4.68 Å². The second-order valence-electron chi connectivity index (χ2n) is 6.91. The first kappa shape index (κ1) is 18.6. The number of ether oxygens (including phenoxy) is 1. The van der Waals surface area contributed by atoms with Crippen molar-refractivity contribution in [1.29, 1.82) is 0 Å². The minimum absolute atomic E-state index is 0.114. The molecule has 1 N–H and O–H groups in total. The molecule has 140 valence electrons. The highest BCUT2D eigenvalue weighted by atomic mass is 16.5. The van der Waals surface area contributed by atoms with Crippen LogP contribution in [0.3, 0.4) is 0 Å². The molecule has 2 heterocycles. The topological polar surface area (TPSA) is 59.4 Å². The van der Waals surface area contributed by atoms with Crippen molar-refractivity contribution in [2.75, 3.05) is 25.0 Å². The zero-order chi connectivity index (χ0) is 18.5. The Morgan fingerprint density at radius 2 is 2.27 bits per heavy atom. The average molecular weight is 356 g/mol. The van der Waals surface area contributed by atoms with Gasteiger partial charge in [0.25, 0.3) is 5.91 Å². The molecule has 1 aromatic carbocycles. The Kier molecular flexibility index (Phi) is 6.06. The van der Waals surface area contributed by atoms with Gasteiger partial charge in [-0.25, -0.2) is 0 Å². The SMILES string of the molecule is CCN(Cc1cccc(C(=O)Nc2cc(C)nn2C)c1)C[C@H]1CCCO1. The van der Waals surface area contributed by atoms with Crippen molar-refractivity contribution in [3.05, 3.63) is 47.2 Å². The van der Waals surface area contributed by atoms with Gasteiger partial charge in [-0.15, -0.1) is 0 Å². The molecule has 0 radical (unpaired) electrons. The molecule has 1 saturated heterocycles. The maximum Gasteiger partial charge on any atom is 0.256 e. The Morgan fingerprint density at radius 1 is 1.42 bits per heavy atom. The first-order chi connectivity index (χ1) is 12.5. The van der Waals surface area contributed by atoms with Gasteiger partial charge in [-0.2, -0.15) is 5.10 Å². The van der Waals surface area contributed by atoms with E-state index in [1.807, 2.05) is 38.2 Å². The summed E-state index contributed by atoms with van der Waals surface area (Å²) in [6.07, 6.45) is 2.64. The van der Waals surface area contributed by atoms with Gasteiger partial charge in [0.15, 0.2) is 0 Å². The van der Waals surface area contributed by atoms with Gasteiger partial charge in [-0.05, 0) is 44.0 Å². The third-order valence-electron chi connectivity index (χ3n) is 4.77. The van der Waals surface area contributed by atoms with Crippen LogP contribution >= 0.6 is 0 Å². The smallest absolute Gasteiger partial charge is 0.256 e. The predicted octanol–water partition coefficient (Wildman–Crippen LogP) is 2.98. The van der Waals surface area contributed by atoms with Gasteiger partial charge in [-0.1, -0.05) is 19.1 Å². The van der Waals surface area contributed by atoms with Crippen LogP contribution in [0.25, 0.3) is 0 Å². The van der Waals surface area contributed by atoms with E-state index < -0.39 is 0 Å². The largest absolute Gasteiger partial charge is 0.377 e. The van der Waals surface area contributed by atoms with E-state index in [0.717, 1.165) is 50.3 Å². The lowest BCUT2D eigenvalue weighted by Crippen LogP contribution is -2.31. The lowest BCUT2D eigenvalue weighted by atomic mass is 10.1. The van der Waals surface area contributed by atoms with Crippen molar-refractivity contribution in [2.24, 2.45) is 7.05 Å². The number of carbonyl (C=O) groups is 1. The molecule has 0 bridgehead atoms. The van der Waals surface area contributed by atoms with E-state index in [4.69, 9.17) is 4.74 Å². The number of likely N-dealkylation sites (N-methyl/N-ethyl adjacent to an activating group) is 1. The zero-order valence-electron chi connectivity index (χ0n) is 15.9. The Morgan fingerprint density at radius 3 is 2.92 bits per heavy atom. The van der Waals surface area contributed by atoms with E-state index in [2.05, 4.69) is 28.3 Å². The van der Waals surface area contributed by atoms with Crippen LogP contribution in [0.2, 0.25) is 0 Å². The van der Waals surface area contributed by atoms with Crippen LogP contribution in [0.15, 0.2) is 30.3 Å². The van der Waals surface area contributed by atoms with E-state index in [-0.39, 0.29) is 5.91 Å². The van der Waals surface area contributed by atoms with Gasteiger partial charge in [0.05, 0.1) is 11.8 Å². The summed E-state index contributed by atoms with van der Waals surface area (Å²) >= 11 is 0. The number of aryl methyl sites for hydroxylation is 2. The average Bonchev–Trinajstić information content (AvgIpc) is 3.24. The third-order valence-corrected chi connectivity index (χ3v) is 4.77. The molecule has 1 fully saturated rings. The first-order valence-corrected chi connectivity index (χ1v) is 9.30. The summed E-state index contributed by atoms with van der Waals surface area (Å²) in [6, 6.07) is 9.69. The predicted molar refractivity (Wildman–Crippen MR) is 102 cm³/mol. The molecule has 1 aliphatic heterocycles. The van der Waals surface area contributed by atoms with Crippen molar-refractivity contribution >= 4 is 11.7 Å². The Labute approximate surface area is 155 Å². The summed E-state index contributed by atoms with van der Waals surface area (Å²) in [4.78, 5) is 14.9. The molecule has 0 spiro atoms. The van der Waals surface area contributed by atoms with Crippen LogP contribution in [0.1, 0.15) is 41.4 Å². The summed E-state index contributed by atoms with van der Waals surface area (Å²) in [5.41, 5.74) is 2.68. The fourth-order valence-corrected chi connectivity index (χ4v) is 3.37. The Hall–Kier alpha value is -2.18. The van der Waals surface area contributed by atoms with E-state index in [1.165, 1.54) is 0 Å². The van der Waals surface area contributed by atoms with Crippen molar-refractivity contribution in [2.45, 2.75) is 39.3 Å². The fourth-order valence-electron chi connectivity index (χ4n) is 3.37. The van der Waals surface area contributed by atoms with Crippen LogP contribution in [0.4, 0.5) is 5.82 Å². The van der Waals surface area contributed by atoms with Crippen molar-refractivity contribution in [3.63, 3.8) is 0 Å². The minimum atomic E-state index is -0.114. The lowest BCUT2D eigenvalue weighted by Gasteiger charge is -2.23. The lowest BCUT2D eigenvalue weighted by molar-refractivity contribution is 0.0724. The summed E-state index contributed by atoms with van der Waals surface area (Å²) in [5.74, 6) is 0.587. The normalized spacial score (nSPS) is 17.0. The van der Waals surface area contributed by atoms with Crippen LogP contribution in [-0.2, 0) is 18.3 Å². The van der Waals surface area contributed by atoms with Crippen molar-refractivity contribution in [1.82, 2.24) is 14.7 Å². The molecular weight excluding hydrogens is 328 g/mol. The molecule has 26 heavy (non-hydrogen) atoms. The van der Waals surface area contributed by atoms with Crippen LogP contribution in [0, 0.1) is 6.92 Å². The van der Waals surface area contributed by atoms with Gasteiger partial charge < -0.3 is 10.1 Å². The molecule has 0 unspecified atom stereocenters. The van der Waals surface area contributed by atoms with E-state index in [9.17, 15) is 4.79 Å². The van der Waals surface area contributed by atoms with Gasteiger partial charge >= 0.3 is 0 Å². The van der Waals surface area contributed by atoms with Crippen LogP contribution in [0.5, 0.6) is 0 Å². The molecule has 1 amide bonds. The quantitative estimate of drug-likeness (QED) is 0.829. The minimum Gasteiger partial charge on any atom is -0.377 e. The summed E-state index contributed by atoms with van der Waals surface area (Å²) < 4.78 is 7.43. The standard InChI is InChI=1S/C20H28N4O2/c1-4-24(14-18-9-6-10-26-18)13-16-7-5-8-17(12-16)20(25)21-19-11-15(2)22-23(19)3/h5,7-8,11-12,18H,4,6,9-10,13-14H2,1-3H3,(H,21,25)/t18-/m1/s1. The molecule has 2 aromatic rings. The van der Waals surface area contributed by atoms with Gasteiger partial charge in [-0.3, -0.25) is 14.4 Å². The molecule has 1 aromatic heterocycles. The van der Waals surface area contributed by atoms with Crippen molar-refractivity contribution in [3.8, 4) is 0 Å². The number of rotatable bonds is 7. The highest BCUT2D eigenvalue weighted by Crippen LogP contribution is 2.16. The van der Waals surface area contributed by atoms with E-state index >= 15 is 0 Å². The number of amides is 1. The second-order valence-corrected chi connectivity index (χ2v) is 6.91. The number of aromatic nitrogens is 2. The number of carbonyl (C=O) groups excluding carboxylic acids is 1. The molecule has 0 aliphatic carbocycles. The van der Waals surface area contributed by atoms with Crippen LogP contribution in [-0.4, -0.2) is 46.4 Å². The van der Waals surface area contributed by atoms with Crippen molar-refractivity contribution < 1.29 is 9.53 Å². The second kappa shape index (κ2) is 8.47. The molecule has 1 atom stereocenters. The molecule has 3 rings (SSSR count). The Balaban J connectivity index is 1.64. The van der Waals surface area contributed by atoms with Crippen LogP contribution < -0.4 is 5.32 Å². The number of anilines is 1. The molecule has 6 nitrogen and oxygen atoms in total. The number of nitrogens with zero attached hydrogens (tertiary/aromatic N) is 3. The zero-order valence-corrected chi connectivity index (χ0v) is 15.9. The molecule has 1 aliphatic rings. The number of hydrogen-bond donors (Lipinski definition) is 1. The summed E-state index contributed by atoms with van der Waals surface area (Å²) in [5, 5.41) is 7.19. The maximum absolute atomic E-state index is 12.6. The highest BCUT2D eigenvalue weighted by molar-refractivity contribution is 6.03. The van der Waals surface area contributed by atoms with Gasteiger partial charge in [0.1, 0.15) is 5.82 Å².